The predicted octanol–water partition coefficient (Wildman–Crippen LogP) is 0.938. The molecule has 14 heavy (non-hydrogen) atoms. The Morgan fingerprint density at radius 3 is 2.50 bits per heavy atom. The van der Waals surface area contributed by atoms with E-state index in [-0.39, 0.29) is 6.61 Å². The first kappa shape index (κ1) is 10.5. The Bertz CT molecular complexity index is 330. The minimum atomic E-state index is -0.483. The van der Waals surface area contributed by atoms with Crippen molar-refractivity contribution in [3.05, 3.63) is 41.5 Å². The third kappa shape index (κ3) is 3.03. The summed E-state index contributed by atoms with van der Waals surface area (Å²) in [5, 5.41) is 8.71. The molecule has 3 nitrogen and oxygen atoms in total. The summed E-state index contributed by atoms with van der Waals surface area (Å²) in [5.41, 5.74) is 6.51. The molecule has 1 amide bonds. The van der Waals surface area contributed by atoms with Gasteiger partial charge in [0.2, 0.25) is 5.91 Å². The Kier molecular flexibility index (Phi) is 3.88. The maximum atomic E-state index is 10.9. The van der Waals surface area contributed by atoms with Crippen molar-refractivity contribution in [2.45, 2.75) is 6.42 Å². The second-order valence-corrected chi connectivity index (χ2v) is 2.92. The Hall–Kier alpha value is -1.61. The van der Waals surface area contributed by atoms with Gasteiger partial charge in [-0.3, -0.25) is 4.79 Å². The number of hydrogen-bond acceptors (Lipinski definition) is 2. The van der Waals surface area contributed by atoms with Gasteiger partial charge in [-0.25, -0.2) is 0 Å². The van der Waals surface area contributed by atoms with Crippen LogP contribution >= 0.6 is 0 Å². The number of nitrogens with two attached hydrogens (primary N) is 1. The molecule has 0 saturated heterocycles. The van der Waals surface area contributed by atoms with Crippen LogP contribution in [-0.4, -0.2) is 17.6 Å². The van der Waals surface area contributed by atoms with Crippen LogP contribution in [0.5, 0.6) is 0 Å². The summed E-state index contributed by atoms with van der Waals surface area (Å²) in [7, 11) is 0. The Balaban J connectivity index is 2.88. The van der Waals surface area contributed by atoms with Crippen molar-refractivity contribution in [1.29, 1.82) is 0 Å². The lowest BCUT2D eigenvalue weighted by Gasteiger charge is -2.00. The van der Waals surface area contributed by atoms with Crippen molar-refractivity contribution in [2.24, 2.45) is 5.73 Å². The maximum absolute atomic E-state index is 10.9. The number of rotatable bonds is 4. The van der Waals surface area contributed by atoms with Crippen LogP contribution in [0, 0.1) is 0 Å². The largest absolute Gasteiger partial charge is 0.396 e. The SMILES string of the molecule is NC(=O)C(=Cc1ccccc1)CCO. The Labute approximate surface area is 82.9 Å². The Morgan fingerprint density at radius 2 is 2.00 bits per heavy atom. The molecule has 0 spiro atoms. The van der Waals surface area contributed by atoms with Gasteiger partial charge in [0.1, 0.15) is 0 Å². The molecule has 0 unspecified atom stereocenters. The van der Waals surface area contributed by atoms with E-state index < -0.39 is 5.91 Å². The fraction of sp³-hybridized carbons (Fsp3) is 0.182. The summed E-state index contributed by atoms with van der Waals surface area (Å²) in [6, 6.07) is 9.40. The van der Waals surface area contributed by atoms with Crippen molar-refractivity contribution in [3.63, 3.8) is 0 Å². The number of aliphatic hydroxyl groups excluding tert-OH is 1. The van der Waals surface area contributed by atoms with Crippen LogP contribution in [-0.2, 0) is 4.79 Å². The quantitative estimate of drug-likeness (QED) is 0.695. The van der Waals surface area contributed by atoms with Crippen molar-refractivity contribution in [1.82, 2.24) is 0 Å². The highest BCUT2D eigenvalue weighted by Crippen LogP contribution is 2.08. The second-order valence-electron chi connectivity index (χ2n) is 2.92. The first-order chi connectivity index (χ1) is 6.74. The van der Waals surface area contributed by atoms with Gasteiger partial charge in [-0.2, -0.15) is 0 Å². The topological polar surface area (TPSA) is 63.3 Å². The molecule has 0 aliphatic heterocycles. The first-order valence-electron chi connectivity index (χ1n) is 4.40. The summed E-state index contributed by atoms with van der Waals surface area (Å²) >= 11 is 0. The van der Waals surface area contributed by atoms with Crippen molar-refractivity contribution >= 4 is 12.0 Å². The van der Waals surface area contributed by atoms with Crippen LogP contribution in [0.2, 0.25) is 0 Å². The lowest BCUT2D eigenvalue weighted by molar-refractivity contribution is -0.114. The zero-order chi connectivity index (χ0) is 10.4. The van der Waals surface area contributed by atoms with E-state index in [1.54, 1.807) is 6.08 Å². The Morgan fingerprint density at radius 1 is 1.36 bits per heavy atom. The average Bonchev–Trinajstić information content (AvgIpc) is 2.18. The second kappa shape index (κ2) is 5.19. The number of carbonyl (C=O) groups excluding carboxylic acids is 1. The lowest BCUT2D eigenvalue weighted by Crippen LogP contribution is -2.14. The van der Waals surface area contributed by atoms with Gasteiger partial charge < -0.3 is 10.8 Å². The van der Waals surface area contributed by atoms with Gasteiger partial charge in [-0.15, -0.1) is 0 Å². The van der Waals surface area contributed by atoms with Gasteiger partial charge in [-0.05, 0) is 11.6 Å². The van der Waals surface area contributed by atoms with Crippen LogP contribution in [0.3, 0.4) is 0 Å². The highest BCUT2D eigenvalue weighted by Gasteiger charge is 2.03. The van der Waals surface area contributed by atoms with E-state index in [9.17, 15) is 4.79 Å². The standard InChI is InChI=1S/C11H13NO2/c12-11(14)10(6-7-13)8-9-4-2-1-3-5-9/h1-5,8,13H,6-7H2,(H2,12,14). The summed E-state index contributed by atoms with van der Waals surface area (Å²) in [6.45, 7) is -0.0679. The van der Waals surface area contributed by atoms with Crippen molar-refractivity contribution in [2.75, 3.05) is 6.61 Å². The van der Waals surface area contributed by atoms with Crippen LogP contribution < -0.4 is 5.73 Å². The van der Waals surface area contributed by atoms with E-state index in [0.717, 1.165) is 5.56 Å². The third-order valence-electron chi connectivity index (χ3n) is 1.84. The number of carbonyl (C=O) groups is 1. The van der Waals surface area contributed by atoms with E-state index in [4.69, 9.17) is 10.8 Å². The molecule has 3 N–H and O–H groups in total. The van der Waals surface area contributed by atoms with Gasteiger partial charge in [0.15, 0.2) is 0 Å². The molecule has 0 aromatic heterocycles. The van der Waals surface area contributed by atoms with Crippen LogP contribution in [0.15, 0.2) is 35.9 Å². The molecule has 0 aliphatic rings. The molecule has 3 heteroatoms. The normalized spacial score (nSPS) is 11.4. The molecule has 74 valence electrons. The smallest absolute Gasteiger partial charge is 0.244 e. The molecule has 0 radical (unpaired) electrons. The summed E-state index contributed by atoms with van der Waals surface area (Å²) in [4.78, 5) is 10.9. The fourth-order valence-corrected chi connectivity index (χ4v) is 1.14. The molecular weight excluding hydrogens is 178 g/mol. The van der Waals surface area contributed by atoms with E-state index in [1.807, 2.05) is 30.3 Å². The molecule has 1 aromatic rings. The molecule has 0 aliphatic carbocycles. The molecule has 0 saturated carbocycles. The molecule has 0 fully saturated rings. The minimum Gasteiger partial charge on any atom is -0.396 e. The summed E-state index contributed by atoms with van der Waals surface area (Å²) in [6.07, 6.45) is 1.99. The number of amides is 1. The summed E-state index contributed by atoms with van der Waals surface area (Å²) in [5.74, 6) is -0.483. The molecule has 1 aromatic carbocycles. The van der Waals surface area contributed by atoms with E-state index in [0.29, 0.717) is 12.0 Å². The maximum Gasteiger partial charge on any atom is 0.244 e. The highest BCUT2D eigenvalue weighted by atomic mass is 16.3. The monoisotopic (exact) mass is 191 g/mol. The van der Waals surface area contributed by atoms with Crippen LogP contribution in [0.25, 0.3) is 6.08 Å². The lowest BCUT2D eigenvalue weighted by atomic mass is 10.1. The van der Waals surface area contributed by atoms with Gasteiger partial charge in [0.25, 0.3) is 0 Å². The fourth-order valence-electron chi connectivity index (χ4n) is 1.14. The first-order valence-corrected chi connectivity index (χ1v) is 4.40. The zero-order valence-electron chi connectivity index (χ0n) is 7.81. The third-order valence-corrected chi connectivity index (χ3v) is 1.84. The minimum absolute atomic E-state index is 0.0679. The number of benzene rings is 1. The van der Waals surface area contributed by atoms with Gasteiger partial charge in [-0.1, -0.05) is 30.3 Å². The summed E-state index contributed by atoms with van der Waals surface area (Å²) < 4.78 is 0. The molecule has 0 bridgehead atoms. The number of aliphatic hydroxyl groups is 1. The number of primary amides is 1. The highest BCUT2D eigenvalue weighted by molar-refractivity contribution is 5.96. The van der Waals surface area contributed by atoms with E-state index in [1.165, 1.54) is 0 Å². The van der Waals surface area contributed by atoms with Gasteiger partial charge in [0.05, 0.1) is 0 Å². The van der Waals surface area contributed by atoms with Crippen molar-refractivity contribution < 1.29 is 9.90 Å². The van der Waals surface area contributed by atoms with E-state index in [2.05, 4.69) is 0 Å². The molecule has 0 atom stereocenters. The molecular formula is C11H13NO2. The van der Waals surface area contributed by atoms with Crippen LogP contribution in [0.1, 0.15) is 12.0 Å². The van der Waals surface area contributed by atoms with Gasteiger partial charge in [0, 0.05) is 18.6 Å². The van der Waals surface area contributed by atoms with Gasteiger partial charge >= 0.3 is 0 Å². The molecule has 1 rings (SSSR count). The van der Waals surface area contributed by atoms with Crippen molar-refractivity contribution in [3.8, 4) is 0 Å². The van der Waals surface area contributed by atoms with Crippen LogP contribution in [0.4, 0.5) is 0 Å². The predicted molar refractivity (Wildman–Crippen MR) is 55.3 cm³/mol. The number of hydrogen-bond donors (Lipinski definition) is 2. The average molecular weight is 191 g/mol. The zero-order valence-corrected chi connectivity index (χ0v) is 7.81. The van der Waals surface area contributed by atoms with E-state index >= 15 is 0 Å². The molecule has 0 heterocycles.